The minimum atomic E-state index is -0.952. The van der Waals surface area contributed by atoms with Crippen LogP contribution in [-0.4, -0.2) is 60.5 Å². The lowest BCUT2D eigenvalue weighted by Gasteiger charge is -2.47. The van der Waals surface area contributed by atoms with Crippen LogP contribution in [0.1, 0.15) is 58.8 Å². The number of nitrogens with zero attached hydrogens (tertiary/aromatic N) is 1. The predicted molar refractivity (Wildman–Crippen MR) is 105 cm³/mol. The summed E-state index contributed by atoms with van der Waals surface area (Å²) in [6.45, 7) is 9.20. The maximum atomic E-state index is 10.9. The molecule has 0 saturated carbocycles. The molecule has 6 heteroatoms. The fraction of sp³-hybridized carbons (Fsp3) is 0.864. The fourth-order valence-corrected chi connectivity index (χ4v) is 4.66. The Morgan fingerprint density at radius 1 is 1.29 bits per heavy atom. The monoisotopic (exact) mass is 393 g/mol. The zero-order valence-corrected chi connectivity index (χ0v) is 17.2. The van der Waals surface area contributed by atoms with Crippen LogP contribution >= 0.6 is 0 Å². The first-order valence-electron chi connectivity index (χ1n) is 10.7. The van der Waals surface area contributed by atoms with E-state index in [1.165, 1.54) is 0 Å². The van der Waals surface area contributed by atoms with Gasteiger partial charge in [-0.15, -0.1) is 6.58 Å². The third-order valence-electron chi connectivity index (χ3n) is 6.40. The number of hydrogen-bond acceptors (Lipinski definition) is 6. The largest absolute Gasteiger partial charge is 0.387 e. The van der Waals surface area contributed by atoms with Gasteiger partial charge in [0.15, 0.2) is 0 Å². The van der Waals surface area contributed by atoms with Gasteiger partial charge in [0.1, 0.15) is 6.10 Å². The van der Waals surface area contributed by atoms with Gasteiger partial charge in [0.2, 0.25) is 0 Å². The third kappa shape index (κ3) is 5.14. The van der Waals surface area contributed by atoms with Gasteiger partial charge in [-0.3, -0.25) is 0 Å². The molecule has 0 aromatic carbocycles. The van der Waals surface area contributed by atoms with Crippen molar-refractivity contribution in [2.45, 2.75) is 101 Å². The molecule has 3 aliphatic heterocycles. The van der Waals surface area contributed by atoms with Gasteiger partial charge in [0.05, 0.1) is 42.2 Å². The van der Waals surface area contributed by atoms with E-state index in [9.17, 15) is 10.4 Å². The molecule has 0 amide bonds. The average molecular weight is 394 g/mol. The van der Waals surface area contributed by atoms with Crippen LogP contribution in [0.2, 0.25) is 0 Å². The lowest BCUT2D eigenvalue weighted by molar-refractivity contribution is -0.237. The molecule has 3 saturated heterocycles. The summed E-state index contributed by atoms with van der Waals surface area (Å²) in [5, 5.41) is 20.5. The molecule has 0 aromatic rings. The molecular formula is C22H35NO5. The summed E-state index contributed by atoms with van der Waals surface area (Å²) in [6, 6.07) is 2.28. The van der Waals surface area contributed by atoms with E-state index in [0.717, 1.165) is 38.9 Å². The van der Waals surface area contributed by atoms with E-state index in [1.807, 2.05) is 13.0 Å². The third-order valence-corrected chi connectivity index (χ3v) is 6.40. The van der Waals surface area contributed by atoms with Crippen molar-refractivity contribution in [1.82, 2.24) is 0 Å². The van der Waals surface area contributed by atoms with Crippen molar-refractivity contribution in [2.24, 2.45) is 5.92 Å². The first-order chi connectivity index (χ1) is 13.4. The van der Waals surface area contributed by atoms with Gasteiger partial charge in [-0.1, -0.05) is 13.0 Å². The highest BCUT2D eigenvalue weighted by Gasteiger charge is 2.46. The molecule has 0 bridgehead atoms. The highest BCUT2D eigenvalue weighted by Crippen LogP contribution is 2.37. The maximum absolute atomic E-state index is 10.9. The minimum Gasteiger partial charge on any atom is -0.387 e. The van der Waals surface area contributed by atoms with Crippen molar-refractivity contribution in [3.05, 3.63) is 12.7 Å². The highest BCUT2D eigenvalue weighted by molar-refractivity contribution is 4.97. The Bertz CT molecular complexity index is 560. The van der Waals surface area contributed by atoms with Crippen LogP contribution in [0.3, 0.4) is 0 Å². The molecule has 8 atom stereocenters. The van der Waals surface area contributed by atoms with Gasteiger partial charge < -0.3 is 24.1 Å². The van der Waals surface area contributed by atoms with E-state index in [-0.39, 0.29) is 36.4 Å². The molecule has 0 aromatic heterocycles. The van der Waals surface area contributed by atoms with E-state index < -0.39 is 11.7 Å². The number of hydrogen-bond donors (Lipinski definition) is 1. The minimum absolute atomic E-state index is 0.0245. The van der Waals surface area contributed by atoms with Gasteiger partial charge in [0, 0.05) is 25.6 Å². The first kappa shape index (κ1) is 21.7. The van der Waals surface area contributed by atoms with E-state index in [2.05, 4.69) is 19.6 Å². The molecule has 0 aliphatic carbocycles. The van der Waals surface area contributed by atoms with E-state index in [1.54, 1.807) is 0 Å². The van der Waals surface area contributed by atoms with E-state index in [4.69, 9.17) is 18.9 Å². The Morgan fingerprint density at radius 3 is 2.79 bits per heavy atom. The quantitative estimate of drug-likeness (QED) is 0.669. The average Bonchev–Trinajstić information content (AvgIpc) is 2.70. The summed E-state index contributed by atoms with van der Waals surface area (Å²) in [7, 11) is 0. The summed E-state index contributed by atoms with van der Waals surface area (Å²) in [6.07, 6.45) is 6.38. The number of rotatable bonds is 7. The predicted octanol–water partition coefficient (Wildman–Crippen LogP) is 3.13. The molecule has 158 valence electrons. The summed E-state index contributed by atoms with van der Waals surface area (Å²) < 4.78 is 24.0. The molecule has 3 fully saturated rings. The van der Waals surface area contributed by atoms with Gasteiger partial charge >= 0.3 is 0 Å². The second-order valence-electron chi connectivity index (χ2n) is 8.72. The molecule has 28 heavy (non-hydrogen) atoms. The molecule has 3 aliphatic rings. The summed E-state index contributed by atoms with van der Waals surface area (Å²) >= 11 is 0. The Balaban J connectivity index is 1.55. The van der Waals surface area contributed by atoms with Gasteiger partial charge in [-0.05, 0) is 45.4 Å². The molecule has 1 N–H and O–H groups in total. The van der Waals surface area contributed by atoms with Crippen molar-refractivity contribution >= 4 is 0 Å². The summed E-state index contributed by atoms with van der Waals surface area (Å²) in [5.74, 6) is 0.176. The van der Waals surface area contributed by atoms with Gasteiger partial charge in [0.25, 0.3) is 0 Å². The number of aliphatic hydroxyl groups is 1. The van der Waals surface area contributed by atoms with Crippen molar-refractivity contribution in [3.8, 4) is 6.07 Å². The maximum Gasteiger partial charge on any atom is 0.144 e. The Labute approximate surface area is 168 Å². The standard InChI is InChI=1S/C22H35NO5/c1-4-15(2)21-18(8-6-12-26-21)27-16(14-23)9-10-20-22(3,24)13-19-17(28-20)7-5-11-25-19/h4,15-21,24H,1,5-13H2,2-3H3/t15-,16?,17-,18+,19+,20+,21-,22-/m0/s1. The summed E-state index contributed by atoms with van der Waals surface area (Å²) in [5.41, 5.74) is -0.952. The zero-order chi connectivity index (χ0) is 20.1. The SMILES string of the molecule is C=C[C@H](C)[C@@H]1OCCC[C@H]1OC(C#N)CC[C@H]1O[C@H]2CCCO[C@@H]2C[C@]1(C)O. The van der Waals surface area contributed by atoms with Gasteiger partial charge in [-0.25, -0.2) is 0 Å². The van der Waals surface area contributed by atoms with Crippen LogP contribution in [0.5, 0.6) is 0 Å². The Kier molecular flexibility index (Phi) is 7.52. The van der Waals surface area contributed by atoms with Crippen LogP contribution in [0.4, 0.5) is 0 Å². The summed E-state index contributed by atoms with van der Waals surface area (Å²) in [4.78, 5) is 0. The molecule has 1 unspecified atom stereocenters. The van der Waals surface area contributed by atoms with E-state index >= 15 is 0 Å². The van der Waals surface area contributed by atoms with Crippen molar-refractivity contribution < 1.29 is 24.1 Å². The van der Waals surface area contributed by atoms with Crippen molar-refractivity contribution in [2.75, 3.05) is 13.2 Å². The number of nitriles is 1. The van der Waals surface area contributed by atoms with Crippen molar-refractivity contribution in [3.63, 3.8) is 0 Å². The lowest BCUT2D eigenvalue weighted by atomic mass is 9.82. The topological polar surface area (TPSA) is 80.9 Å². The molecule has 3 heterocycles. The lowest BCUT2D eigenvalue weighted by Crippen LogP contribution is -2.56. The zero-order valence-electron chi connectivity index (χ0n) is 17.2. The van der Waals surface area contributed by atoms with Crippen LogP contribution in [0.15, 0.2) is 12.7 Å². The van der Waals surface area contributed by atoms with Crippen LogP contribution in [0, 0.1) is 17.2 Å². The van der Waals surface area contributed by atoms with Crippen LogP contribution in [0.25, 0.3) is 0 Å². The Morgan fingerprint density at radius 2 is 2.04 bits per heavy atom. The smallest absolute Gasteiger partial charge is 0.144 e. The molecule has 0 radical (unpaired) electrons. The second kappa shape index (κ2) is 9.69. The molecule has 3 rings (SSSR count). The normalized spacial score (nSPS) is 40.7. The first-order valence-corrected chi connectivity index (χ1v) is 10.7. The van der Waals surface area contributed by atoms with Gasteiger partial charge in [-0.2, -0.15) is 5.26 Å². The van der Waals surface area contributed by atoms with Crippen LogP contribution < -0.4 is 0 Å². The molecule has 0 spiro atoms. The molecular weight excluding hydrogens is 358 g/mol. The van der Waals surface area contributed by atoms with E-state index in [0.29, 0.717) is 19.3 Å². The van der Waals surface area contributed by atoms with Crippen LogP contribution in [-0.2, 0) is 18.9 Å². The highest BCUT2D eigenvalue weighted by atomic mass is 16.6. The fourth-order valence-electron chi connectivity index (χ4n) is 4.66. The Hall–Kier alpha value is -0.970. The second-order valence-corrected chi connectivity index (χ2v) is 8.72. The van der Waals surface area contributed by atoms with Crippen molar-refractivity contribution in [1.29, 1.82) is 5.26 Å². The number of ether oxygens (including phenoxy) is 4. The number of fused-ring (bicyclic) bond motifs is 1. The molecule has 6 nitrogen and oxygen atoms in total.